The second kappa shape index (κ2) is 6.52. The third-order valence-corrected chi connectivity index (χ3v) is 4.60. The Hall–Kier alpha value is -2.94. The highest BCUT2D eigenvalue weighted by atomic mass is 19.1. The molecule has 0 radical (unpaired) electrons. The molecular formula is C22H17FO2. The van der Waals surface area contributed by atoms with Gasteiger partial charge < -0.3 is 4.74 Å². The van der Waals surface area contributed by atoms with Crippen molar-refractivity contribution >= 4 is 5.78 Å². The minimum atomic E-state index is -0.288. The van der Waals surface area contributed by atoms with Gasteiger partial charge in [0.15, 0.2) is 0 Å². The standard InChI is InChI=1S/C22H17FO2/c23-17-7-11-19(12-8-17)25-18-9-5-15(6-10-18)13-21-20-4-2-1-3-16(20)14-22(21)24/h1-12,21H,13-14H2. The smallest absolute Gasteiger partial charge is 0.145 e. The van der Waals surface area contributed by atoms with Gasteiger partial charge in [-0.1, -0.05) is 36.4 Å². The van der Waals surface area contributed by atoms with E-state index in [9.17, 15) is 9.18 Å². The van der Waals surface area contributed by atoms with Gasteiger partial charge in [0.2, 0.25) is 0 Å². The summed E-state index contributed by atoms with van der Waals surface area (Å²) < 4.78 is 18.6. The Morgan fingerprint density at radius 3 is 2.24 bits per heavy atom. The van der Waals surface area contributed by atoms with Crippen molar-refractivity contribution in [2.24, 2.45) is 0 Å². The summed E-state index contributed by atoms with van der Waals surface area (Å²) in [5.74, 6) is 1.22. The van der Waals surface area contributed by atoms with Gasteiger partial charge in [-0.3, -0.25) is 4.79 Å². The maximum atomic E-state index is 12.9. The van der Waals surface area contributed by atoms with Crippen molar-refractivity contribution in [3.63, 3.8) is 0 Å². The third kappa shape index (κ3) is 3.31. The zero-order chi connectivity index (χ0) is 17.2. The topological polar surface area (TPSA) is 26.3 Å². The van der Waals surface area contributed by atoms with Gasteiger partial charge in [0.05, 0.1) is 0 Å². The Balaban J connectivity index is 1.47. The van der Waals surface area contributed by atoms with E-state index < -0.39 is 0 Å². The van der Waals surface area contributed by atoms with Crippen molar-refractivity contribution in [1.29, 1.82) is 0 Å². The summed E-state index contributed by atoms with van der Waals surface area (Å²) in [6, 6.07) is 21.7. The van der Waals surface area contributed by atoms with Crippen LogP contribution in [0.1, 0.15) is 22.6 Å². The lowest BCUT2D eigenvalue weighted by Crippen LogP contribution is -2.09. The number of hydrogen-bond acceptors (Lipinski definition) is 2. The van der Waals surface area contributed by atoms with E-state index in [1.54, 1.807) is 12.1 Å². The summed E-state index contributed by atoms with van der Waals surface area (Å²) >= 11 is 0. The second-order valence-electron chi connectivity index (χ2n) is 6.30. The first-order valence-corrected chi connectivity index (χ1v) is 8.32. The van der Waals surface area contributed by atoms with Gasteiger partial charge in [-0.15, -0.1) is 0 Å². The lowest BCUT2D eigenvalue weighted by Gasteiger charge is -2.11. The Labute approximate surface area is 145 Å². The predicted molar refractivity (Wildman–Crippen MR) is 94.5 cm³/mol. The number of ketones is 1. The molecule has 1 aliphatic carbocycles. The number of carbonyl (C=O) groups excluding carboxylic acids is 1. The van der Waals surface area contributed by atoms with E-state index >= 15 is 0 Å². The molecule has 1 aliphatic rings. The largest absolute Gasteiger partial charge is 0.457 e. The molecule has 124 valence electrons. The molecule has 0 saturated heterocycles. The predicted octanol–water partition coefficient (Wildman–Crippen LogP) is 5.07. The fourth-order valence-corrected chi connectivity index (χ4v) is 3.31. The molecule has 0 spiro atoms. The number of ether oxygens (including phenoxy) is 1. The quantitative estimate of drug-likeness (QED) is 0.667. The average Bonchev–Trinajstić information content (AvgIpc) is 2.94. The van der Waals surface area contributed by atoms with Crippen LogP contribution in [0.25, 0.3) is 0 Å². The number of Topliss-reactive ketones (excluding diaryl/α,β-unsaturated/α-hetero) is 1. The molecule has 1 unspecified atom stereocenters. The van der Waals surface area contributed by atoms with E-state index in [0.717, 1.165) is 16.7 Å². The molecule has 25 heavy (non-hydrogen) atoms. The van der Waals surface area contributed by atoms with Crippen LogP contribution in [-0.4, -0.2) is 5.78 Å². The van der Waals surface area contributed by atoms with Crippen molar-refractivity contribution in [3.05, 3.63) is 95.3 Å². The Morgan fingerprint density at radius 1 is 0.880 bits per heavy atom. The molecule has 4 rings (SSSR count). The van der Waals surface area contributed by atoms with E-state index in [1.807, 2.05) is 42.5 Å². The van der Waals surface area contributed by atoms with Crippen LogP contribution in [0.5, 0.6) is 11.5 Å². The fourth-order valence-electron chi connectivity index (χ4n) is 3.31. The lowest BCUT2D eigenvalue weighted by atomic mass is 9.93. The molecule has 0 saturated carbocycles. The zero-order valence-corrected chi connectivity index (χ0v) is 13.6. The van der Waals surface area contributed by atoms with E-state index in [-0.39, 0.29) is 17.5 Å². The van der Waals surface area contributed by atoms with Gasteiger partial charge in [-0.05, 0) is 59.5 Å². The molecule has 0 N–H and O–H groups in total. The first-order chi connectivity index (χ1) is 12.2. The van der Waals surface area contributed by atoms with Crippen molar-refractivity contribution < 1.29 is 13.9 Å². The van der Waals surface area contributed by atoms with Crippen LogP contribution in [0, 0.1) is 5.82 Å². The van der Waals surface area contributed by atoms with Crippen LogP contribution in [0.3, 0.4) is 0 Å². The van der Waals surface area contributed by atoms with Crippen molar-refractivity contribution in [3.8, 4) is 11.5 Å². The number of carbonyl (C=O) groups is 1. The third-order valence-electron chi connectivity index (χ3n) is 4.60. The van der Waals surface area contributed by atoms with E-state index in [0.29, 0.717) is 24.3 Å². The molecule has 3 aromatic rings. The molecule has 0 fully saturated rings. The Bertz CT molecular complexity index is 898. The summed E-state index contributed by atoms with van der Waals surface area (Å²) in [6.45, 7) is 0. The first kappa shape index (κ1) is 15.6. The molecule has 0 amide bonds. The van der Waals surface area contributed by atoms with E-state index in [1.165, 1.54) is 12.1 Å². The molecule has 3 aromatic carbocycles. The highest BCUT2D eigenvalue weighted by molar-refractivity contribution is 5.92. The molecule has 0 aromatic heterocycles. The van der Waals surface area contributed by atoms with Crippen LogP contribution in [0.15, 0.2) is 72.8 Å². The van der Waals surface area contributed by atoms with Crippen LogP contribution >= 0.6 is 0 Å². The van der Waals surface area contributed by atoms with Gasteiger partial charge in [-0.25, -0.2) is 4.39 Å². The maximum absolute atomic E-state index is 12.9. The molecule has 0 aliphatic heterocycles. The summed E-state index contributed by atoms with van der Waals surface area (Å²) in [5.41, 5.74) is 3.40. The maximum Gasteiger partial charge on any atom is 0.145 e. The summed E-state index contributed by atoms with van der Waals surface area (Å²) in [7, 11) is 0. The van der Waals surface area contributed by atoms with Gasteiger partial charge in [-0.2, -0.15) is 0 Å². The summed E-state index contributed by atoms with van der Waals surface area (Å²) in [4.78, 5) is 12.3. The van der Waals surface area contributed by atoms with E-state index in [2.05, 4.69) is 6.07 Å². The molecule has 2 nitrogen and oxygen atoms in total. The number of benzene rings is 3. The monoisotopic (exact) mass is 332 g/mol. The van der Waals surface area contributed by atoms with Gasteiger partial charge in [0, 0.05) is 12.3 Å². The summed E-state index contributed by atoms with van der Waals surface area (Å²) in [6.07, 6.45) is 1.24. The molecular weight excluding hydrogens is 315 g/mol. The first-order valence-electron chi connectivity index (χ1n) is 8.32. The van der Waals surface area contributed by atoms with Crippen LogP contribution in [-0.2, 0) is 17.6 Å². The number of fused-ring (bicyclic) bond motifs is 1. The van der Waals surface area contributed by atoms with Gasteiger partial charge in [0.25, 0.3) is 0 Å². The molecule has 1 atom stereocenters. The average molecular weight is 332 g/mol. The van der Waals surface area contributed by atoms with Gasteiger partial charge >= 0.3 is 0 Å². The number of hydrogen-bond donors (Lipinski definition) is 0. The van der Waals surface area contributed by atoms with E-state index in [4.69, 9.17) is 4.74 Å². The van der Waals surface area contributed by atoms with Crippen molar-refractivity contribution in [1.82, 2.24) is 0 Å². The minimum Gasteiger partial charge on any atom is -0.457 e. The lowest BCUT2D eigenvalue weighted by molar-refractivity contribution is -0.119. The van der Waals surface area contributed by atoms with Crippen molar-refractivity contribution in [2.45, 2.75) is 18.8 Å². The molecule has 0 bridgehead atoms. The fraction of sp³-hybridized carbons (Fsp3) is 0.136. The van der Waals surface area contributed by atoms with Crippen LogP contribution in [0.2, 0.25) is 0 Å². The van der Waals surface area contributed by atoms with Crippen molar-refractivity contribution in [2.75, 3.05) is 0 Å². The highest BCUT2D eigenvalue weighted by Gasteiger charge is 2.29. The van der Waals surface area contributed by atoms with Crippen LogP contribution in [0.4, 0.5) is 4.39 Å². The number of rotatable bonds is 4. The minimum absolute atomic E-state index is 0.0555. The van der Waals surface area contributed by atoms with Crippen LogP contribution < -0.4 is 4.74 Å². The zero-order valence-electron chi connectivity index (χ0n) is 13.6. The molecule has 0 heterocycles. The normalized spacial score (nSPS) is 15.9. The number of halogens is 1. The molecule has 3 heteroatoms. The SMILES string of the molecule is O=C1Cc2ccccc2C1Cc1ccc(Oc2ccc(F)cc2)cc1. The van der Waals surface area contributed by atoms with Gasteiger partial charge in [0.1, 0.15) is 23.1 Å². The Morgan fingerprint density at radius 2 is 1.52 bits per heavy atom. The Kier molecular flexibility index (Phi) is 4.06. The second-order valence-corrected chi connectivity index (χ2v) is 6.30. The summed E-state index contributed by atoms with van der Waals surface area (Å²) in [5, 5.41) is 0. The highest BCUT2D eigenvalue weighted by Crippen LogP contribution is 2.33.